The lowest BCUT2D eigenvalue weighted by Gasteiger charge is -2.22. The van der Waals surface area contributed by atoms with E-state index in [1.165, 1.54) is 12.1 Å². The zero-order valence-corrected chi connectivity index (χ0v) is 13.8. The van der Waals surface area contributed by atoms with Crippen LogP contribution in [0.3, 0.4) is 0 Å². The molecule has 2 heterocycles. The number of ether oxygens (including phenoxy) is 2. The Bertz CT molecular complexity index is 682. The number of nitro benzene ring substituents is 1. The molecule has 0 N–H and O–H groups in total. The van der Waals surface area contributed by atoms with Crippen LogP contribution in [-0.2, 0) is 14.3 Å². The second-order valence-electron chi connectivity index (χ2n) is 6.21. The number of nitrogens with zero attached hydrogens (tertiary/aromatic N) is 2. The summed E-state index contributed by atoms with van der Waals surface area (Å²) in [6.07, 6.45) is 3.59. The van der Waals surface area contributed by atoms with Gasteiger partial charge in [-0.1, -0.05) is 12.8 Å². The van der Waals surface area contributed by atoms with Crippen molar-refractivity contribution in [3.8, 4) is 0 Å². The maximum atomic E-state index is 12.2. The molecule has 1 aromatic rings. The molecule has 2 aliphatic rings. The lowest BCUT2D eigenvalue weighted by molar-refractivity contribution is -0.384. The fraction of sp³-hybridized carbons (Fsp3) is 0.529. The van der Waals surface area contributed by atoms with Crippen LogP contribution < -0.4 is 4.90 Å². The maximum absolute atomic E-state index is 12.2. The quantitative estimate of drug-likeness (QED) is 0.468. The summed E-state index contributed by atoms with van der Waals surface area (Å²) in [4.78, 5) is 36.6. The number of rotatable bonds is 4. The number of carbonyl (C=O) groups is 2. The van der Waals surface area contributed by atoms with E-state index in [-0.39, 0.29) is 17.9 Å². The van der Waals surface area contributed by atoms with Crippen LogP contribution in [0.2, 0.25) is 0 Å². The summed E-state index contributed by atoms with van der Waals surface area (Å²) < 4.78 is 9.84. The highest BCUT2D eigenvalue weighted by Gasteiger charge is 2.31. The highest BCUT2D eigenvalue weighted by molar-refractivity contribution is 5.93. The second kappa shape index (κ2) is 7.50. The van der Waals surface area contributed by atoms with E-state index < -0.39 is 23.0 Å². The largest absolute Gasteiger partial charge is 0.463 e. The summed E-state index contributed by atoms with van der Waals surface area (Å²) in [5.41, 5.74) is 0.457. The van der Waals surface area contributed by atoms with E-state index in [1.54, 1.807) is 6.07 Å². The smallest absolute Gasteiger partial charge is 0.347 e. The van der Waals surface area contributed by atoms with E-state index in [0.717, 1.165) is 38.8 Å². The summed E-state index contributed by atoms with van der Waals surface area (Å²) in [5, 5.41) is 11.5. The molecule has 1 unspecified atom stereocenters. The lowest BCUT2D eigenvalue weighted by atomic mass is 10.1. The summed E-state index contributed by atoms with van der Waals surface area (Å²) in [5.74, 6) is -1.33. The van der Waals surface area contributed by atoms with Gasteiger partial charge in [-0.3, -0.25) is 10.1 Å². The van der Waals surface area contributed by atoms with Gasteiger partial charge in [0.25, 0.3) is 5.69 Å². The number of cyclic esters (lactones) is 1. The number of nitro groups is 1. The Morgan fingerprint density at radius 2 is 1.96 bits per heavy atom. The Morgan fingerprint density at radius 3 is 2.56 bits per heavy atom. The van der Waals surface area contributed by atoms with Gasteiger partial charge in [-0.05, 0) is 25.0 Å². The standard InChI is InChI=1S/C17H20N2O6/c20-16(25-15-7-10-24-17(15)21)12-5-6-13(14(11-12)19(22)23)18-8-3-1-2-4-9-18/h5-6,11,15H,1-4,7-10H2. The average Bonchev–Trinajstić information content (AvgIpc) is 2.85. The molecule has 0 radical (unpaired) electrons. The molecule has 1 aromatic carbocycles. The number of esters is 2. The first-order valence-electron chi connectivity index (χ1n) is 8.47. The SMILES string of the molecule is O=C(OC1CCOC1=O)c1ccc(N2CCCCCC2)c([N+](=O)[O-])c1. The van der Waals surface area contributed by atoms with Gasteiger partial charge in [0.05, 0.1) is 17.1 Å². The van der Waals surface area contributed by atoms with Crippen molar-refractivity contribution >= 4 is 23.3 Å². The number of benzene rings is 1. The molecule has 0 amide bonds. The maximum Gasteiger partial charge on any atom is 0.347 e. The van der Waals surface area contributed by atoms with Gasteiger partial charge in [0.2, 0.25) is 6.10 Å². The van der Waals surface area contributed by atoms with Gasteiger partial charge in [-0.2, -0.15) is 0 Å². The Labute approximate surface area is 144 Å². The average molecular weight is 348 g/mol. The fourth-order valence-electron chi connectivity index (χ4n) is 3.16. The minimum atomic E-state index is -0.933. The van der Waals surface area contributed by atoms with Crippen molar-refractivity contribution in [2.45, 2.75) is 38.2 Å². The van der Waals surface area contributed by atoms with Crippen LogP contribution in [-0.4, -0.2) is 42.7 Å². The van der Waals surface area contributed by atoms with Gasteiger partial charge in [-0.15, -0.1) is 0 Å². The van der Waals surface area contributed by atoms with E-state index in [1.807, 2.05) is 4.90 Å². The van der Waals surface area contributed by atoms with Crippen LogP contribution >= 0.6 is 0 Å². The van der Waals surface area contributed by atoms with Gasteiger partial charge < -0.3 is 14.4 Å². The normalized spacial score (nSPS) is 20.7. The lowest BCUT2D eigenvalue weighted by Crippen LogP contribution is -2.25. The first kappa shape index (κ1) is 17.2. The third-order valence-electron chi connectivity index (χ3n) is 4.49. The number of hydrogen-bond donors (Lipinski definition) is 0. The van der Waals surface area contributed by atoms with E-state index in [0.29, 0.717) is 12.1 Å². The van der Waals surface area contributed by atoms with Crippen LogP contribution in [0.25, 0.3) is 0 Å². The number of anilines is 1. The molecule has 0 bridgehead atoms. The molecule has 8 heteroatoms. The topological polar surface area (TPSA) is 99.0 Å². The molecule has 3 rings (SSSR count). The molecule has 2 saturated heterocycles. The summed E-state index contributed by atoms with van der Waals surface area (Å²) in [6, 6.07) is 4.33. The zero-order chi connectivity index (χ0) is 17.8. The minimum absolute atomic E-state index is 0.0602. The van der Waals surface area contributed by atoms with Crippen molar-refractivity contribution in [2.75, 3.05) is 24.6 Å². The van der Waals surface area contributed by atoms with Gasteiger partial charge in [0, 0.05) is 25.6 Å². The van der Waals surface area contributed by atoms with Crippen LogP contribution in [0.1, 0.15) is 42.5 Å². The highest BCUT2D eigenvalue weighted by Crippen LogP contribution is 2.31. The molecule has 0 spiro atoms. The first-order valence-corrected chi connectivity index (χ1v) is 8.47. The molecule has 2 aliphatic heterocycles. The number of carbonyl (C=O) groups excluding carboxylic acids is 2. The predicted molar refractivity (Wildman–Crippen MR) is 88.6 cm³/mol. The predicted octanol–water partition coefficient (Wildman–Crippen LogP) is 2.45. The molecule has 1 atom stereocenters. The summed E-state index contributed by atoms with van der Waals surface area (Å²) in [7, 11) is 0. The fourth-order valence-corrected chi connectivity index (χ4v) is 3.16. The molecule has 0 aromatic heterocycles. The summed E-state index contributed by atoms with van der Waals surface area (Å²) >= 11 is 0. The van der Waals surface area contributed by atoms with Crippen molar-refractivity contribution in [2.24, 2.45) is 0 Å². The summed E-state index contributed by atoms with van der Waals surface area (Å²) in [6.45, 7) is 1.74. The van der Waals surface area contributed by atoms with E-state index in [4.69, 9.17) is 9.47 Å². The van der Waals surface area contributed by atoms with Crippen LogP contribution in [0.15, 0.2) is 18.2 Å². The Balaban J connectivity index is 1.81. The van der Waals surface area contributed by atoms with Crippen molar-refractivity contribution < 1.29 is 24.0 Å². The second-order valence-corrected chi connectivity index (χ2v) is 6.21. The van der Waals surface area contributed by atoms with Crippen molar-refractivity contribution in [3.63, 3.8) is 0 Å². The first-order chi connectivity index (χ1) is 12.1. The third-order valence-corrected chi connectivity index (χ3v) is 4.49. The van der Waals surface area contributed by atoms with Crippen molar-refractivity contribution in [1.29, 1.82) is 0 Å². The molecule has 134 valence electrons. The molecule has 2 fully saturated rings. The monoisotopic (exact) mass is 348 g/mol. The van der Waals surface area contributed by atoms with E-state index in [2.05, 4.69) is 0 Å². The van der Waals surface area contributed by atoms with E-state index in [9.17, 15) is 19.7 Å². The molecular weight excluding hydrogens is 328 g/mol. The Morgan fingerprint density at radius 1 is 1.24 bits per heavy atom. The molecule has 0 aliphatic carbocycles. The minimum Gasteiger partial charge on any atom is -0.463 e. The van der Waals surface area contributed by atoms with Crippen LogP contribution in [0.4, 0.5) is 11.4 Å². The molecule has 25 heavy (non-hydrogen) atoms. The van der Waals surface area contributed by atoms with Crippen LogP contribution in [0, 0.1) is 10.1 Å². The van der Waals surface area contributed by atoms with Gasteiger partial charge in [-0.25, -0.2) is 9.59 Å². The van der Waals surface area contributed by atoms with Gasteiger partial charge in [0.1, 0.15) is 5.69 Å². The van der Waals surface area contributed by atoms with Crippen molar-refractivity contribution in [3.05, 3.63) is 33.9 Å². The zero-order valence-electron chi connectivity index (χ0n) is 13.8. The molecule has 0 saturated carbocycles. The van der Waals surface area contributed by atoms with Gasteiger partial charge >= 0.3 is 11.9 Å². The Hall–Kier alpha value is -2.64. The molecular formula is C17H20N2O6. The van der Waals surface area contributed by atoms with Crippen LogP contribution in [0.5, 0.6) is 0 Å². The van der Waals surface area contributed by atoms with Gasteiger partial charge in [0.15, 0.2) is 0 Å². The van der Waals surface area contributed by atoms with E-state index >= 15 is 0 Å². The Kier molecular flexibility index (Phi) is 5.16. The van der Waals surface area contributed by atoms with Crippen molar-refractivity contribution in [1.82, 2.24) is 0 Å². The third kappa shape index (κ3) is 3.89. The molecule has 8 nitrogen and oxygen atoms in total. The highest BCUT2D eigenvalue weighted by atomic mass is 16.6. The number of hydrogen-bond acceptors (Lipinski definition) is 7.